The predicted octanol–water partition coefficient (Wildman–Crippen LogP) is 2.66. The lowest BCUT2D eigenvalue weighted by Gasteiger charge is -2.37. The van der Waals surface area contributed by atoms with Crippen molar-refractivity contribution in [2.24, 2.45) is 0 Å². The van der Waals surface area contributed by atoms with E-state index in [1.165, 1.54) is 26.6 Å². The average molecular weight is 361 g/mol. The monoisotopic (exact) mass is 361 g/mol. The lowest BCUT2D eigenvalue weighted by molar-refractivity contribution is 0.0690. The quantitative estimate of drug-likeness (QED) is 0.876. The molecule has 1 aliphatic rings. The van der Waals surface area contributed by atoms with Crippen LogP contribution in [0.1, 0.15) is 28.9 Å². The highest BCUT2D eigenvalue weighted by atomic mass is 19.1. The molecular weight excluding hydrogens is 341 g/mol. The molecule has 0 radical (unpaired) electrons. The van der Waals surface area contributed by atoms with Gasteiger partial charge < -0.3 is 19.5 Å². The molecule has 1 aliphatic heterocycles. The van der Waals surface area contributed by atoms with Crippen LogP contribution < -0.4 is 14.4 Å². The van der Waals surface area contributed by atoms with Gasteiger partial charge in [0.15, 0.2) is 5.69 Å². The van der Waals surface area contributed by atoms with Gasteiger partial charge in [-0.15, -0.1) is 0 Å². The Bertz CT molecular complexity index is 767. The van der Waals surface area contributed by atoms with Crippen LogP contribution in [-0.4, -0.2) is 48.4 Å². The first-order valence-corrected chi connectivity index (χ1v) is 8.18. The lowest BCUT2D eigenvalue weighted by atomic mass is 9.86. The maximum atomic E-state index is 15.5. The van der Waals surface area contributed by atoms with Gasteiger partial charge >= 0.3 is 5.97 Å². The largest absolute Gasteiger partial charge is 0.497 e. The molecule has 0 saturated carbocycles. The minimum absolute atomic E-state index is 0.117. The van der Waals surface area contributed by atoms with Gasteiger partial charge in [0.1, 0.15) is 23.0 Å². The number of carboxylic acid groups (broad SMARTS) is 1. The summed E-state index contributed by atoms with van der Waals surface area (Å²) in [5, 5.41) is 8.88. The number of hydrogen-bond acceptors (Lipinski definition) is 6. The molecule has 26 heavy (non-hydrogen) atoms. The Hall–Kier alpha value is -2.90. The van der Waals surface area contributed by atoms with Crippen LogP contribution in [0.3, 0.4) is 0 Å². The number of carboxylic acids is 1. The van der Waals surface area contributed by atoms with Crippen LogP contribution in [-0.2, 0) is 5.67 Å². The molecule has 0 atom stereocenters. The van der Waals surface area contributed by atoms with E-state index >= 15 is 4.39 Å². The van der Waals surface area contributed by atoms with Gasteiger partial charge in [-0.1, -0.05) is 0 Å². The van der Waals surface area contributed by atoms with Crippen LogP contribution in [0.25, 0.3) is 0 Å². The van der Waals surface area contributed by atoms with Crippen molar-refractivity contribution in [1.82, 2.24) is 9.97 Å². The van der Waals surface area contributed by atoms with Gasteiger partial charge in [-0.3, -0.25) is 0 Å². The van der Waals surface area contributed by atoms with E-state index in [9.17, 15) is 4.79 Å². The summed E-state index contributed by atoms with van der Waals surface area (Å²) in [6.07, 6.45) is 3.16. The molecule has 1 saturated heterocycles. The summed E-state index contributed by atoms with van der Waals surface area (Å²) in [4.78, 5) is 20.7. The van der Waals surface area contributed by atoms with Crippen LogP contribution in [0, 0.1) is 0 Å². The molecule has 2 heterocycles. The fraction of sp³-hybridized carbons (Fsp3) is 0.389. The minimum atomic E-state index is -1.49. The van der Waals surface area contributed by atoms with Gasteiger partial charge in [0.05, 0.1) is 26.6 Å². The molecular formula is C18H20FN3O4. The summed E-state index contributed by atoms with van der Waals surface area (Å²) >= 11 is 0. The van der Waals surface area contributed by atoms with E-state index < -0.39 is 11.6 Å². The number of anilines is 1. The van der Waals surface area contributed by atoms with Crippen LogP contribution in [0.2, 0.25) is 0 Å². The molecule has 8 heteroatoms. The predicted molar refractivity (Wildman–Crippen MR) is 92.8 cm³/mol. The first-order chi connectivity index (χ1) is 12.4. The Morgan fingerprint density at radius 3 is 2.19 bits per heavy atom. The SMILES string of the molecule is COc1cc(OC)cc(C2(F)CCN(c3cnc(C(=O)O)cn3)CC2)c1. The third kappa shape index (κ3) is 3.54. The van der Waals surface area contributed by atoms with Gasteiger partial charge in [-0.2, -0.15) is 0 Å². The fourth-order valence-electron chi connectivity index (χ4n) is 3.04. The highest BCUT2D eigenvalue weighted by Gasteiger charge is 2.37. The Labute approximate surface area is 150 Å². The van der Waals surface area contributed by atoms with Crippen molar-refractivity contribution in [2.45, 2.75) is 18.5 Å². The van der Waals surface area contributed by atoms with E-state index in [1.807, 2.05) is 4.90 Å². The number of nitrogens with zero attached hydrogens (tertiary/aromatic N) is 3. The van der Waals surface area contributed by atoms with E-state index in [2.05, 4.69) is 9.97 Å². The van der Waals surface area contributed by atoms with Crippen LogP contribution in [0.4, 0.5) is 10.2 Å². The summed E-state index contributed by atoms with van der Waals surface area (Å²) in [5.41, 5.74) is -1.08. The first kappa shape index (κ1) is 17.9. The fourth-order valence-corrected chi connectivity index (χ4v) is 3.04. The van der Waals surface area contributed by atoms with E-state index in [0.717, 1.165) is 0 Å². The zero-order valence-corrected chi connectivity index (χ0v) is 14.6. The molecule has 1 N–H and O–H groups in total. The van der Waals surface area contributed by atoms with Gasteiger partial charge in [0, 0.05) is 32.0 Å². The van der Waals surface area contributed by atoms with Gasteiger partial charge in [-0.05, 0) is 17.7 Å². The molecule has 0 aliphatic carbocycles. The number of hydrogen-bond donors (Lipinski definition) is 1. The molecule has 7 nitrogen and oxygen atoms in total. The van der Waals surface area contributed by atoms with Crippen molar-refractivity contribution >= 4 is 11.8 Å². The summed E-state index contributed by atoms with van der Waals surface area (Å²) in [6.45, 7) is 0.883. The minimum Gasteiger partial charge on any atom is -0.497 e. The number of rotatable bonds is 5. The van der Waals surface area contributed by atoms with Crippen molar-refractivity contribution in [3.8, 4) is 11.5 Å². The standard InChI is InChI=1S/C18H20FN3O4/c1-25-13-7-12(8-14(9-13)26-2)18(19)3-5-22(6-4-18)16-11-20-15(10-21-16)17(23)24/h7-11H,3-6H2,1-2H3,(H,23,24). The van der Waals surface area contributed by atoms with Gasteiger partial charge in [0.25, 0.3) is 0 Å². The van der Waals surface area contributed by atoms with E-state index in [4.69, 9.17) is 14.6 Å². The number of alkyl halides is 1. The maximum absolute atomic E-state index is 15.5. The lowest BCUT2D eigenvalue weighted by Crippen LogP contribution is -2.40. The molecule has 0 bridgehead atoms. The zero-order valence-electron chi connectivity index (χ0n) is 14.6. The van der Waals surface area contributed by atoms with Crippen LogP contribution in [0.5, 0.6) is 11.5 Å². The zero-order chi connectivity index (χ0) is 18.7. The van der Waals surface area contributed by atoms with Crippen molar-refractivity contribution in [2.75, 3.05) is 32.2 Å². The Morgan fingerprint density at radius 2 is 1.73 bits per heavy atom. The van der Waals surface area contributed by atoms with Crippen LogP contribution in [0.15, 0.2) is 30.6 Å². The Morgan fingerprint density at radius 1 is 1.12 bits per heavy atom. The second-order valence-electron chi connectivity index (χ2n) is 6.12. The second-order valence-corrected chi connectivity index (χ2v) is 6.12. The van der Waals surface area contributed by atoms with Crippen molar-refractivity contribution in [3.63, 3.8) is 0 Å². The van der Waals surface area contributed by atoms with Crippen LogP contribution >= 0.6 is 0 Å². The number of aromatic carboxylic acids is 1. The van der Waals surface area contributed by atoms with E-state index in [1.54, 1.807) is 18.2 Å². The number of methoxy groups -OCH3 is 2. The number of halogens is 1. The summed E-state index contributed by atoms with van der Waals surface area (Å²) < 4.78 is 26.0. The topological polar surface area (TPSA) is 84.8 Å². The second kappa shape index (κ2) is 7.15. The summed E-state index contributed by atoms with van der Waals surface area (Å²) in [7, 11) is 3.07. The summed E-state index contributed by atoms with van der Waals surface area (Å²) in [6, 6.07) is 5.10. The van der Waals surface area contributed by atoms with Crippen molar-refractivity contribution in [1.29, 1.82) is 0 Å². The number of carbonyl (C=O) groups is 1. The van der Waals surface area contributed by atoms with E-state index in [-0.39, 0.29) is 18.5 Å². The normalized spacial score (nSPS) is 16.2. The maximum Gasteiger partial charge on any atom is 0.356 e. The van der Waals surface area contributed by atoms with E-state index in [0.29, 0.717) is 36.0 Å². The molecule has 0 unspecified atom stereocenters. The number of aromatic nitrogens is 2. The molecule has 138 valence electrons. The molecule has 2 aromatic rings. The number of ether oxygens (including phenoxy) is 2. The smallest absolute Gasteiger partial charge is 0.356 e. The third-order valence-electron chi connectivity index (χ3n) is 4.61. The molecule has 0 spiro atoms. The summed E-state index contributed by atoms with van der Waals surface area (Å²) in [5.74, 6) is 0.514. The first-order valence-electron chi connectivity index (χ1n) is 8.18. The number of benzene rings is 1. The molecule has 1 aromatic heterocycles. The molecule has 0 amide bonds. The highest BCUT2D eigenvalue weighted by molar-refractivity contribution is 5.84. The average Bonchev–Trinajstić information content (AvgIpc) is 2.68. The Balaban J connectivity index is 1.75. The Kier molecular flexibility index (Phi) is 4.92. The molecule has 1 aromatic carbocycles. The van der Waals surface area contributed by atoms with Gasteiger partial charge in [0.2, 0.25) is 0 Å². The van der Waals surface area contributed by atoms with Crippen molar-refractivity contribution < 1.29 is 23.8 Å². The highest BCUT2D eigenvalue weighted by Crippen LogP contribution is 2.40. The van der Waals surface area contributed by atoms with Gasteiger partial charge in [-0.25, -0.2) is 19.2 Å². The van der Waals surface area contributed by atoms with Crippen molar-refractivity contribution in [3.05, 3.63) is 41.9 Å². The third-order valence-corrected chi connectivity index (χ3v) is 4.61. The number of piperidine rings is 1. The molecule has 1 fully saturated rings. The molecule has 3 rings (SSSR count).